The van der Waals surface area contributed by atoms with E-state index >= 15 is 0 Å². The largest absolute Gasteiger partial charge is 0.302 e. The average molecular weight is 487 g/mol. The highest BCUT2D eigenvalue weighted by Crippen LogP contribution is 2.22. The molecular weight excluding hydrogens is 456 g/mol. The molecule has 1 aliphatic heterocycles. The molecule has 0 spiro atoms. The van der Waals surface area contributed by atoms with Crippen molar-refractivity contribution in [2.24, 2.45) is 0 Å². The number of aryl methyl sites for hydroxylation is 1. The first-order chi connectivity index (χ1) is 17.3. The number of carbonyl (C=O) groups is 1. The van der Waals surface area contributed by atoms with Gasteiger partial charge >= 0.3 is 0 Å². The molecule has 0 saturated carbocycles. The highest BCUT2D eigenvalue weighted by molar-refractivity contribution is 7.99. The lowest BCUT2D eigenvalue weighted by molar-refractivity contribution is 0.102. The minimum Gasteiger partial charge on any atom is -0.302 e. The Bertz CT molecular complexity index is 1230. The van der Waals surface area contributed by atoms with Crippen LogP contribution in [0.3, 0.4) is 0 Å². The molecule has 1 amide bonds. The lowest BCUT2D eigenvalue weighted by atomic mass is 10.1. The predicted octanol–water partition coefficient (Wildman–Crippen LogP) is 4.89. The third-order valence-electron chi connectivity index (χ3n) is 6.23. The van der Waals surface area contributed by atoms with E-state index in [0.29, 0.717) is 11.5 Å². The smallest absolute Gasteiger partial charge is 0.258 e. The quantitative estimate of drug-likeness (QED) is 0.330. The van der Waals surface area contributed by atoms with Gasteiger partial charge in [-0.25, -0.2) is 4.98 Å². The molecular formula is C27H30N6OS. The number of hydrogen-bond acceptors (Lipinski definition) is 5. The molecule has 180 valence electrons. The molecule has 0 aliphatic carbocycles. The van der Waals surface area contributed by atoms with Crippen molar-refractivity contribution in [3.05, 3.63) is 84.4 Å². The van der Waals surface area contributed by atoms with Crippen molar-refractivity contribution in [3.8, 4) is 16.8 Å². The van der Waals surface area contributed by atoms with E-state index in [-0.39, 0.29) is 5.91 Å². The molecule has 1 aliphatic rings. The summed E-state index contributed by atoms with van der Waals surface area (Å²) < 4.78 is 1.97. The molecule has 0 unspecified atom stereocenters. The van der Waals surface area contributed by atoms with E-state index in [2.05, 4.69) is 20.4 Å². The van der Waals surface area contributed by atoms with Gasteiger partial charge in [-0.05, 0) is 55.6 Å². The number of hydrogen-bond donors (Lipinski definition) is 2. The lowest BCUT2D eigenvalue weighted by Gasteiger charge is -2.25. The SMILES string of the molecule is O=C(Nc1nc(CCCCN2CCSCC2)cn1-c1ccccc1)c1cccc(-c2cn[nH]c2)c1. The van der Waals surface area contributed by atoms with Crippen LogP contribution in [-0.4, -0.2) is 61.7 Å². The Morgan fingerprint density at radius 3 is 2.69 bits per heavy atom. The van der Waals surface area contributed by atoms with Gasteiger partial charge in [0, 0.05) is 53.8 Å². The first kappa shape index (κ1) is 23.4. The van der Waals surface area contributed by atoms with Crippen LogP contribution in [0.25, 0.3) is 16.8 Å². The molecule has 0 bridgehead atoms. The maximum Gasteiger partial charge on any atom is 0.258 e. The molecule has 5 rings (SSSR count). The number of anilines is 1. The summed E-state index contributed by atoms with van der Waals surface area (Å²) in [5, 5.41) is 9.86. The molecule has 2 aromatic heterocycles. The van der Waals surface area contributed by atoms with E-state index in [4.69, 9.17) is 4.98 Å². The molecule has 1 fully saturated rings. The lowest BCUT2D eigenvalue weighted by Crippen LogP contribution is -2.33. The Balaban J connectivity index is 1.29. The molecule has 7 nitrogen and oxygen atoms in total. The van der Waals surface area contributed by atoms with Crippen molar-refractivity contribution in [3.63, 3.8) is 0 Å². The summed E-state index contributed by atoms with van der Waals surface area (Å²) in [6.45, 7) is 3.55. The van der Waals surface area contributed by atoms with Gasteiger partial charge < -0.3 is 4.90 Å². The van der Waals surface area contributed by atoms with Crippen LogP contribution < -0.4 is 5.32 Å². The van der Waals surface area contributed by atoms with E-state index in [1.807, 2.05) is 83.3 Å². The monoisotopic (exact) mass is 486 g/mol. The van der Waals surface area contributed by atoms with Crippen LogP contribution in [0.2, 0.25) is 0 Å². The Labute approximate surface area is 210 Å². The van der Waals surface area contributed by atoms with Crippen molar-refractivity contribution < 1.29 is 4.79 Å². The number of aromatic nitrogens is 4. The van der Waals surface area contributed by atoms with Gasteiger partial charge in [-0.3, -0.25) is 19.8 Å². The second-order valence-electron chi connectivity index (χ2n) is 8.69. The van der Waals surface area contributed by atoms with Gasteiger partial charge in [-0.1, -0.05) is 30.3 Å². The number of nitrogens with zero attached hydrogens (tertiary/aromatic N) is 4. The molecule has 2 N–H and O–H groups in total. The number of amides is 1. The van der Waals surface area contributed by atoms with Crippen molar-refractivity contribution in [2.75, 3.05) is 36.5 Å². The number of nitrogens with one attached hydrogen (secondary N) is 2. The van der Waals surface area contributed by atoms with Crippen LogP contribution in [0.1, 0.15) is 28.9 Å². The van der Waals surface area contributed by atoms with Crippen LogP contribution in [0.4, 0.5) is 5.95 Å². The number of carbonyl (C=O) groups excluding carboxylic acids is 1. The van der Waals surface area contributed by atoms with E-state index in [9.17, 15) is 4.79 Å². The van der Waals surface area contributed by atoms with E-state index in [1.54, 1.807) is 6.20 Å². The molecule has 0 atom stereocenters. The maximum absolute atomic E-state index is 13.2. The fourth-order valence-corrected chi connectivity index (χ4v) is 5.29. The van der Waals surface area contributed by atoms with Crippen molar-refractivity contribution >= 4 is 23.6 Å². The Kier molecular flexibility index (Phi) is 7.60. The topological polar surface area (TPSA) is 78.8 Å². The number of benzene rings is 2. The number of thioether (sulfide) groups is 1. The maximum atomic E-state index is 13.2. The molecule has 0 radical (unpaired) electrons. The zero-order valence-electron chi connectivity index (χ0n) is 19.7. The van der Waals surface area contributed by atoms with E-state index in [1.165, 1.54) is 24.6 Å². The van der Waals surface area contributed by atoms with Crippen LogP contribution >= 0.6 is 11.8 Å². The van der Waals surface area contributed by atoms with Gasteiger partial charge in [0.05, 0.1) is 11.9 Å². The fourth-order valence-electron chi connectivity index (χ4n) is 4.31. The Morgan fingerprint density at radius 2 is 1.89 bits per heavy atom. The van der Waals surface area contributed by atoms with E-state index < -0.39 is 0 Å². The summed E-state index contributed by atoms with van der Waals surface area (Å²) in [4.78, 5) is 20.5. The zero-order chi connectivity index (χ0) is 23.9. The minimum absolute atomic E-state index is 0.187. The van der Waals surface area contributed by atoms with E-state index in [0.717, 1.165) is 48.3 Å². The van der Waals surface area contributed by atoms with Crippen LogP contribution in [0.15, 0.2) is 73.2 Å². The van der Waals surface area contributed by atoms with Gasteiger partial charge in [-0.15, -0.1) is 0 Å². The standard InChI is InChI=1S/C27H30N6OS/c34-26(22-8-6-7-21(17-22)23-18-28-29-19-23)31-27-30-24(20-33(27)25-10-2-1-3-11-25)9-4-5-12-32-13-15-35-16-14-32/h1-3,6-8,10-11,17-20H,4-5,9,12-16H2,(H,28,29)(H,30,31,34). The number of aromatic amines is 1. The van der Waals surface area contributed by atoms with Crippen LogP contribution in [0, 0.1) is 0 Å². The Hall–Kier alpha value is -3.36. The molecule has 4 aromatic rings. The molecule has 8 heteroatoms. The predicted molar refractivity (Wildman–Crippen MR) is 142 cm³/mol. The van der Waals surface area contributed by atoms with Gasteiger partial charge in [0.2, 0.25) is 5.95 Å². The zero-order valence-corrected chi connectivity index (χ0v) is 20.5. The summed E-state index contributed by atoms with van der Waals surface area (Å²) in [6.07, 6.45) is 8.73. The number of H-pyrrole nitrogens is 1. The van der Waals surface area contributed by atoms with Gasteiger partial charge in [-0.2, -0.15) is 16.9 Å². The molecule has 1 saturated heterocycles. The summed E-state index contributed by atoms with van der Waals surface area (Å²) in [5.41, 5.74) is 4.42. The number of para-hydroxylation sites is 1. The number of imidazole rings is 1. The molecule has 35 heavy (non-hydrogen) atoms. The van der Waals surface area contributed by atoms with Crippen LogP contribution in [0.5, 0.6) is 0 Å². The molecule has 3 heterocycles. The normalized spacial score (nSPS) is 14.2. The van der Waals surface area contributed by atoms with Crippen molar-refractivity contribution in [1.29, 1.82) is 0 Å². The van der Waals surface area contributed by atoms with Gasteiger partial charge in [0.1, 0.15) is 0 Å². The summed E-state index contributed by atoms with van der Waals surface area (Å²) >= 11 is 2.05. The second-order valence-corrected chi connectivity index (χ2v) is 9.92. The molecule has 2 aromatic carbocycles. The first-order valence-corrected chi connectivity index (χ1v) is 13.3. The summed E-state index contributed by atoms with van der Waals surface area (Å²) in [6, 6.07) is 17.5. The van der Waals surface area contributed by atoms with Gasteiger partial charge in [0.25, 0.3) is 5.91 Å². The van der Waals surface area contributed by atoms with Gasteiger partial charge in [0.15, 0.2) is 0 Å². The number of unbranched alkanes of at least 4 members (excludes halogenated alkanes) is 1. The summed E-state index contributed by atoms with van der Waals surface area (Å²) in [5.74, 6) is 2.84. The summed E-state index contributed by atoms with van der Waals surface area (Å²) in [7, 11) is 0. The highest BCUT2D eigenvalue weighted by atomic mass is 32.2. The third-order valence-corrected chi connectivity index (χ3v) is 7.18. The minimum atomic E-state index is -0.187. The second kappa shape index (κ2) is 11.4. The Morgan fingerprint density at radius 1 is 1.03 bits per heavy atom. The van der Waals surface area contributed by atoms with Crippen LogP contribution in [-0.2, 0) is 6.42 Å². The average Bonchev–Trinajstić information content (AvgIpc) is 3.59. The number of rotatable bonds is 9. The fraction of sp³-hybridized carbons (Fsp3) is 0.296. The van der Waals surface area contributed by atoms with Crippen molar-refractivity contribution in [1.82, 2.24) is 24.6 Å². The van der Waals surface area contributed by atoms with Crippen molar-refractivity contribution in [2.45, 2.75) is 19.3 Å². The first-order valence-electron chi connectivity index (χ1n) is 12.1. The highest BCUT2D eigenvalue weighted by Gasteiger charge is 2.15. The third kappa shape index (κ3) is 6.01.